The molecule has 152 valence electrons. The van der Waals surface area contributed by atoms with Gasteiger partial charge in [0.15, 0.2) is 0 Å². The summed E-state index contributed by atoms with van der Waals surface area (Å²) in [5.74, 6) is 0.202. The Morgan fingerprint density at radius 1 is 1.00 bits per heavy atom. The van der Waals surface area contributed by atoms with Crippen molar-refractivity contribution >= 4 is 23.1 Å². The van der Waals surface area contributed by atoms with Crippen LogP contribution in [0.4, 0.5) is 23.1 Å². The molecule has 0 radical (unpaired) electrons. The quantitative estimate of drug-likeness (QED) is 0.424. The first-order valence-corrected chi connectivity index (χ1v) is 10.4. The molecule has 3 aromatic rings. The Kier molecular flexibility index (Phi) is 5.89. The first-order chi connectivity index (χ1) is 14.3. The van der Waals surface area contributed by atoms with Crippen LogP contribution < -0.4 is 15.6 Å². The molecule has 2 heterocycles. The molecule has 0 amide bonds. The predicted octanol–water partition coefficient (Wildman–Crippen LogP) is 6.18. The maximum atomic E-state index is 10.6. The highest BCUT2D eigenvalue weighted by Crippen LogP contribution is 2.43. The van der Waals surface area contributed by atoms with E-state index in [4.69, 9.17) is 4.42 Å². The monoisotopic (exact) mass is 392 g/mol. The number of aryl methyl sites for hydroxylation is 1. The Morgan fingerprint density at radius 2 is 1.83 bits per heavy atom. The Balaban J connectivity index is 1.54. The average molecular weight is 393 g/mol. The molecule has 2 aromatic carbocycles. The van der Waals surface area contributed by atoms with Crippen LogP contribution in [-0.2, 0) is 6.42 Å². The van der Waals surface area contributed by atoms with E-state index in [1.54, 1.807) is 23.6 Å². The Labute approximate surface area is 171 Å². The number of hydrazine groups is 2. The average Bonchev–Trinajstić information content (AvgIpc) is 3.39. The number of nitrogens with one attached hydrogen (secondary N) is 1. The van der Waals surface area contributed by atoms with Gasteiger partial charge in [0, 0.05) is 0 Å². The summed E-state index contributed by atoms with van der Waals surface area (Å²) in [4.78, 5) is 4.31. The standard InChI is InChI=1S/C23H28N4O2/c1-2-3-4-5-6-7-10-18-13-14-22(28)21(17-18)27-25-19-11-8-9-12-20(19)26(27)23-24-15-16-29-23/h8-9,11-17,25,28H,2-7,10H2,1H3. The molecule has 0 fully saturated rings. The number of rotatable bonds is 9. The Hall–Kier alpha value is -3.15. The first kappa shape index (κ1) is 19.2. The van der Waals surface area contributed by atoms with E-state index in [0.29, 0.717) is 11.7 Å². The van der Waals surface area contributed by atoms with Crippen molar-refractivity contribution in [3.8, 4) is 5.75 Å². The molecule has 0 aliphatic carbocycles. The Morgan fingerprint density at radius 3 is 2.66 bits per heavy atom. The van der Waals surface area contributed by atoms with E-state index in [1.165, 1.54) is 37.7 Å². The first-order valence-electron chi connectivity index (χ1n) is 10.4. The molecule has 4 rings (SSSR count). The third-order valence-electron chi connectivity index (χ3n) is 5.25. The van der Waals surface area contributed by atoms with Gasteiger partial charge in [0.2, 0.25) is 0 Å². The van der Waals surface area contributed by atoms with Gasteiger partial charge in [-0.25, -0.2) is 4.98 Å². The number of anilines is 4. The highest BCUT2D eigenvalue weighted by atomic mass is 16.4. The van der Waals surface area contributed by atoms with Crippen molar-refractivity contribution in [3.63, 3.8) is 0 Å². The van der Waals surface area contributed by atoms with E-state index in [2.05, 4.69) is 17.3 Å². The second kappa shape index (κ2) is 8.90. The predicted molar refractivity (Wildman–Crippen MR) is 116 cm³/mol. The second-order valence-electron chi connectivity index (χ2n) is 7.41. The van der Waals surface area contributed by atoms with Crippen LogP contribution in [0.1, 0.15) is 51.0 Å². The number of nitrogens with zero attached hydrogens (tertiary/aromatic N) is 3. The van der Waals surface area contributed by atoms with Gasteiger partial charge in [0.1, 0.15) is 17.7 Å². The van der Waals surface area contributed by atoms with Crippen LogP contribution in [0.25, 0.3) is 0 Å². The normalized spacial score (nSPS) is 12.9. The van der Waals surface area contributed by atoms with E-state index in [9.17, 15) is 5.11 Å². The van der Waals surface area contributed by atoms with Crippen LogP contribution in [0.5, 0.6) is 5.75 Å². The minimum Gasteiger partial charge on any atom is -0.506 e. The summed E-state index contributed by atoms with van der Waals surface area (Å²) in [5.41, 5.74) is 7.06. The zero-order valence-corrected chi connectivity index (χ0v) is 16.8. The molecule has 2 N–H and O–H groups in total. The van der Waals surface area contributed by atoms with Gasteiger partial charge in [-0.3, -0.25) is 5.43 Å². The summed E-state index contributed by atoms with van der Waals surface area (Å²) in [6.45, 7) is 2.24. The van der Waals surface area contributed by atoms with Gasteiger partial charge in [-0.05, 0) is 42.7 Å². The summed E-state index contributed by atoms with van der Waals surface area (Å²) in [5, 5.41) is 14.2. The van der Waals surface area contributed by atoms with Crippen molar-refractivity contribution in [1.29, 1.82) is 0 Å². The lowest BCUT2D eigenvalue weighted by molar-refractivity contribution is 0.473. The third kappa shape index (κ3) is 4.16. The third-order valence-corrected chi connectivity index (χ3v) is 5.25. The summed E-state index contributed by atoms with van der Waals surface area (Å²) in [6.07, 6.45) is 11.8. The zero-order chi connectivity index (χ0) is 20.1. The fraction of sp³-hybridized carbons (Fsp3) is 0.348. The fourth-order valence-corrected chi connectivity index (χ4v) is 3.71. The van der Waals surface area contributed by atoms with Crippen LogP contribution >= 0.6 is 0 Å². The number of phenols is 1. The highest BCUT2D eigenvalue weighted by molar-refractivity contribution is 5.85. The highest BCUT2D eigenvalue weighted by Gasteiger charge is 2.32. The summed E-state index contributed by atoms with van der Waals surface area (Å²) in [6, 6.07) is 14.2. The molecule has 29 heavy (non-hydrogen) atoms. The van der Waals surface area contributed by atoms with Gasteiger partial charge in [-0.1, -0.05) is 57.2 Å². The van der Waals surface area contributed by atoms with Crippen molar-refractivity contribution in [2.24, 2.45) is 0 Å². The van der Waals surface area contributed by atoms with Crippen LogP contribution in [0.15, 0.2) is 59.3 Å². The van der Waals surface area contributed by atoms with Gasteiger partial charge in [0.25, 0.3) is 0 Å². The smallest absolute Gasteiger partial charge is 0.323 e. The van der Waals surface area contributed by atoms with Crippen LogP contribution in [0, 0.1) is 0 Å². The number of unbranched alkanes of at least 4 members (excludes halogenated alkanes) is 5. The molecule has 0 saturated carbocycles. The summed E-state index contributed by atoms with van der Waals surface area (Å²) >= 11 is 0. The van der Waals surface area contributed by atoms with Gasteiger partial charge >= 0.3 is 6.01 Å². The van der Waals surface area contributed by atoms with Crippen molar-refractivity contribution in [2.45, 2.75) is 51.9 Å². The molecule has 1 aliphatic heterocycles. The van der Waals surface area contributed by atoms with E-state index < -0.39 is 0 Å². The van der Waals surface area contributed by atoms with Gasteiger partial charge in [-0.2, -0.15) is 10.1 Å². The van der Waals surface area contributed by atoms with Crippen LogP contribution in [0.2, 0.25) is 0 Å². The number of fused-ring (bicyclic) bond motifs is 1. The van der Waals surface area contributed by atoms with E-state index in [0.717, 1.165) is 24.2 Å². The minimum atomic E-state index is 0.202. The van der Waals surface area contributed by atoms with Crippen LogP contribution in [-0.4, -0.2) is 10.1 Å². The number of para-hydroxylation sites is 2. The summed E-state index contributed by atoms with van der Waals surface area (Å²) in [7, 11) is 0. The fourth-order valence-electron chi connectivity index (χ4n) is 3.71. The number of hydrogen-bond acceptors (Lipinski definition) is 6. The molecule has 0 atom stereocenters. The maximum Gasteiger partial charge on any atom is 0.323 e. The molecule has 6 nitrogen and oxygen atoms in total. The molecule has 0 bridgehead atoms. The Bertz CT molecular complexity index is 926. The van der Waals surface area contributed by atoms with E-state index >= 15 is 0 Å². The number of phenolic OH excluding ortho intramolecular Hbond substituents is 1. The largest absolute Gasteiger partial charge is 0.506 e. The molecular weight excluding hydrogens is 364 g/mol. The molecule has 0 spiro atoms. The second-order valence-corrected chi connectivity index (χ2v) is 7.41. The number of aromatic hydroxyl groups is 1. The lowest BCUT2D eigenvalue weighted by Gasteiger charge is -2.28. The topological polar surface area (TPSA) is 64.8 Å². The van der Waals surface area contributed by atoms with Gasteiger partial charge in [0.05, 0.1) is 17.6 Å². The minimum absolute atomic E-state index is 0.202. The maximum absolute atomic E-state index is 10.6. The van der Waals surface area contributed by atoms with Crippen LogP contribution in [0.3, 0.4) is 0 Å². The molecule has 0 saturated heterocycles. The number of aromatic nitrogens is 1. The number of benzene rings is 2. The van der Waals surface area contributed by atoms with E-state index in [1.807, 2.05) is 41.4 Å². The van der Waals surface area contributed by atoms with Crippen molar-refractivity contribution < 1.29 is 9.52 Å². The lowest BCUT2D eigenvalue weighted by atomic mass is 10.0. The van der Waals surface area contributed by atoms with Gasteiger partial charge < -0.3 is 9.52 Å². The van der Waals surface area contributed by atoms with Crippen molar-refractivity contribution in [1.82, 2.24) is 4.98 Å². The molecule has 1 aromatic heterocycles. The zero-order valence-electron chi connectivity index (χ0n) is 16.8. The number of oxazole rings is 1. The van der Waals surface area contributed by atoms with Crippen molar-refractivity contribution in [3.05, 3.63) is 60.5 Å². The lowest BCUT2D eigenvalue weighted by Crippen LogP contribution is -2.38. The summed E-state index contributed by atoms with van der Waals surface area (Å²) < 4.78 is 5.56. The van der Waals surface area contributed by atoms with Gasteiger partial charge in [-0.15, -0.1) is 0 Å². The number of hydrogen-bond donors (Lipinski definition) is 2. The molecular formula is C23H28N4O2. The molecule has 0 unspecified atom stereocenters. The molecule has 1 aliphatic rings. The SMILES string of the molecule is CCCCCCCCc1ccc(O)c(N2Nc3ccccc3N2c2ncco2)c1. The molecule has 6 heteroatoms. The van der Waals surface area contributed by atoms with Crippen molar-refractivity contribution in [2.75, 3.05) is 15.6 Å². The van der Waals surface area contributed by atoms with E-state index in [-0.39, 0.29) is 5.75 Å².